The summed E-state index contributed by atoms with van der Waals surface area (Å²) in [5.41, 5.74) is 0.731. The van der Waals surface area contributed by atoms with Crippen LogP contribution in [0.5, 0.6) is 0 Å². The summed E-state index contributed by atoms with van der Waals surface area (Å²) >= 11 is 1.82. The van der Waals surface area contributed by atoms with Gasteiger partial charge in [0, 0.05) is 37.8 Å². The molecule has 0 saturated carbocycles. The Morgan fingerprint density at radius 2 is 2.03 bits per heavy atom. The van der Waals surface area contributed by atoms with Gasteiger partial charge in [0.1, 0.15) is 6.10 Å². The third-order valence-corrected chi connectivity index (χ3v) is 6.01. The predicted octanol–water partition coefficient (Wildman–Crippen LogP) is -3.58. The summed E-state index contributed by atoms with van der Waals surface area (Å²) in [5.74, 6) is 6.50. The number of rotatable bonds is 11. The van der Waals surface area contributed by atoms with E-state index in [1.165, 1.54) is 6.92 Å². The molecule has 1 fully saturated rings. The van der Waals surface area contributed by atoms with Crippen LogP contribution in [0.1, 0.15) is 38.7 Å². The van der Waals surface area contributed by atoms with Crippen molar-refractivity contribution in [3.8, 4) is 11.8 Å². The van der Waals surface area contributed by atoms with E-state index in [0.29, 0.717) is 6.61 Å². The van der Waals surface area contributed by atoms with Gasteiger partial charge in [-0.25, -0.2) is 0 Å². The Bertz CT molecular complexity index is 852. The Morgan fingerprint density at radius 1 is 1.35 bits per heavy atom. The maximum absolute atomic E-state index is 12.0. The quantitative estimate of drug-likeness (QED) is 0.0954. The SMILES string of the molecule is CCSCCCOC1CC(O)[C@@H](NC(C)=O)C(C(O)CCNC(=O)C#Cc2ccccc2)O1.O=C[O-].[Na+]. The van der Waals surface area contributed by atoms with Crippen LogP contribution in [-0.2, 0) is 23.9 Å². The van der Waals surface area contributed by atoms with E-state index in [9.17, 15) is 19.8 Å². The molecule has 1 heterocycles. The first kappa shape index (κ1) is 35.4. The molecule has 5 atom stereocenters. The molecule has 0 spiro atoms. The molecule has 2 amide bonds. The minimum atomic E-state index is -1.04. The summed E-state index contributed by atoms with van der Waals surface area (Å²) in [4.78, 5) is 31.8. The van der Waals surface area contributed by atoms with Gasteiger partial charge in [-0.05, 0) is 36.5 Å². The number of carboxylic acid groups (broad SMARTS) is 1. The second kappa shape index (κ2) is 21.3. The Hall–Kier alpha value is -1.62. The number of amides is 2. The molecule has 1 saturated heterocycles. The van der Waals surface area contributed by atoms with Crippen LogP contribution in [0.3, 0.4) is 0 Å². The van der Waals surface area contributed by atoms with Gasteiger partial charge < -0.3 is 40.2 Å². The number of aliphatic hydroxyl groups excluding tert-OH is 2. The third kappa shape index (κ3) is 15.4. The molecular formula is C25H35N2NaO8S. The largest absolute Gasteiger partial charge is 1.00 e. The molecule has 10 nitrogen and oxygen atoms in total. The van der Waals surface area contributed by atoms with Gasteiger partial charge in [0.25, 0.3) is 5.91 Å². The van der Waals surface area contributed by atoms with E-state index in [2.05, 4.69) is 29.4 Å². The van der Waals surface area contributed by atoms with Crippen molar-refractivity contribution >= 4 is 30.0 Å². The zero-order valence-electron chi connectivity index (χ0n) is 21.6. The number of nitrogens with one attached hydrogen (secondary N) is 2. The molecule has 12 heteroatoms. The minimum absolute atomic E-state index is 0. The van der Waals surface area contributed by atoms with Crippen molar-refractivity contribution in [1.29, 1.82) is 0 Å². The van der Waals surface area contributed by atoms with Crippen molar-refractivity contribution in [3.05, 3.63) is 35.9 Å². The number of aliphatic hydroxyl groups is 2. The van der Waals surface area contributed by atoms with Gasteiger partial charge >= 0.3 is 29.6 Å². The summed E-state index contributed by atoms with van der Waals surface area (Å²) in [6.45, 7) is 3.58. The monoisotopic (exact) mass is 546 g/mol. The number of hydrogen-bond donors (Lipinski definition) is 4. The van der Waals surface area contributed by atoms with Gasteiger partial charge in [-0.2, -0.15) is 11.8 Å². The fourth-order valence-electron chi connectivity index (χ4n) is 3.44. The minimum Gasteiger partial charge on any atom is -0.554 e. The van der Waals surface area contributed by atoms with Crippen molar-refractivity contribution in [1.82, 2.24) is 10.6 Å². The third-order valence-electron chi connectivity index (χ3n) is 5.02. The number of carbonyl (C=O) groups excluding carboxylic acids is 3. The van der Waals surface area contributed by atoms with E-state index in [-0.39, 0.29) is 54.9 Å². The summed E-state index contributed by atoms with van der Waals surface area (Å²) < 4.78 is 11.7. The fraction of sp³-hybridized carbons (Fsp3) is 0.560. The van der Waals surface area contributed by atoms with E-state index < -0.39 is 43.0 Å². The maximum atomic E-state index is 12.0. The molecule has 1 aliphatic heterocycles. The molecule has 0 aromatic heterocycles. The number of ether oxygens (including phenoxy) is 2. The molecule has 37 heavy (non-hydrogen) atoms. The van der Waals surface area contributed by atoms with Gasteiger partial charge in [0.15, 0.2) is 6.29 Å². The average Bonchev–Trinajstić information content (AvgIpc) is 2.85. The summed E-state index contributed by atoms with van der Waals surface area (Å²) in [7, 11) is 0. The van der Waals surface area contributed by atoms with Crippen LogP contribution in [-0.4, -0.2) is 83.8 Å². The van der Waals surface area contributed by atoms with E-state index >= 15 is 0 Å². The van der Waals surface area contributed by atoms with Crippen LogP contribution in [0, 0.1) is 11.8 Å². The Labute approximate surface area is 244 Å². The van der Waals surface area contributed by atoms with Gasteiger partial charge in [-0.15, -0.1) is 0 Å². The molecule has 200 valence electrons. The molecular weight excluding hydrogens is 511 g/mol. The average molecular weight is 547 g/mol. The first-order valence-electron chi connectivity index (χ1n) is 11.7. The summed E-state index contributed by atoms with van der Waals surface area (Å²) in [5, 5.41) is 34.8. The standard InChI is InChI=1S/C24H34N2O6S.CH2O2.Na/c1-3-33-15-7-14-31-22-16-20(29)23(26-17(2)27)24(32-22)19(28)12-13-25-21(30)11-10-18-8-5-4-6-9-18;2-1-3;/h4-6,8-9,19-20,22-24,28-29H,3,7,12-16H2,1-2H3,(H,25,30)(H,26,27);1H,(H,2,3);/q;;+1/p-1/t19?,20?,22?,23-,24?;;/m1../s1. The van der Waals surface area contributed by atoms with Crippen molar-refractivity contribution in [3.63, 3.8) is 0 Å². The van der Waals surface area contributed by atoms with Crippen LogP contribution in [0.4, 0.5) is 0 Å². The van der Waals surface area contributed by atoms with Crippen LogP contribution in [0.15, 0.2) is 30.3 Å². The van der Waals surface area contributed by atoms with Crippen molar-refractivity contribution < 1.29 is 68.7 Å². The molecule has 1 aromatic rings. The second-order valence-corrected chi connectivity index (χ2v) is 9.20. The van der Waals surface area contributed by atoms with Crippen molar-refractivity contribution in [2.75, 3.05) is 24.7 Å². The van der Waals surface area contributed by atoms with E-state index in [1.807, 2.05) is 30.0 Å². The molecule has 4 N–H and O–H groups in total. The molecule has 0 bridgehead atoms. The van der Waals surface area contributed by atoms with Crippen LogP contribution in [0.25, 0.3) is 0 Å². The molecule has 2 rings (SSSR count). The first-order valence-corrected chi connectivity index (χ1v) is 12.9. The normalized spacial score (nSPS) is 21.0. The van der Waals surface area contributed by atoms with Crippen LogP contribution >= 0.6 is 11.8 Å². The topological polar surface area (TPSA) is 157 Å². The Kier molecular flexibility index (Phi) is 20.4. The van der Waals surface area contributed by atoms with E-state index in [1.54, 1.807) is 12.1 Å². The molecule has 0 aliphatic carbocycles. The van der Waals surface area contributed by atoms with Gasteiger partial charge in [0.2, 0.25) is 5.91 Å². The smallest absolute Gasteiger partial charge is 0.554 e. The zero-order chi connectivity index (χ0) is 26.8. The number of hydrogen-bond acceptors (Lipinski definition) is 9. The number of benzene rings is 1. The van der Waals surface area contributed by atoms with Crippen LogP contribution in [0.2, 0.25) is 0 Å². The Morgan fingerprint density at radius 3 is 2.65 bits per heavy atom. The summed E-state index contributed by atoms with van der Waals surface area (Å²) in [6, 6.07) is 8.37. The zero-order valence-corrected chi connectivity index (χ0v) is 24.4. The maximum Gasteiger partial charge on any atom is 1.00 e. The fourth-order valence-corrected chi connectivity index (χ4v) is 4.05. The Balaban J connectivity index is 0.00000308. The summed E-state index contributed by atoms with van der Waals surface area (Å²) in [6.07, 6.45) is -2.31. The molecule has 1 aromatic carbocycles. The molecule has 1 aliphatic rings. The van der Waals surface area contributed by atoms with Gasteiger partial charge in [-0.1, -0.05) is 31.0 Å². The van der Waals surface area contributed by atoms with Crippen LogP contribution < -0.4 is 45.3 Å². The van der Waals surface area contributed by atoms with Gasteiger partial charge in [-0.3, -0.25) is 9.59 Å². The second-order valence-electron chi connectivity index (χ2n) is 7.81. The van der Waals surface area contributed by atoms with E-state index in [4.69, 9.17) is 19.4 Å². The predicted molar refractivity (Wildman–Crippen MR) is 133 cm³/mol. The van der Waals surface area contributed by atoms with Gasteiger partial charge in [0.05, 0.1) is 24.9 Å². The van der Waals surface area contributed by atoms with Crippen molar-refractivity contribution in [2.45, 2.75) is 63.8 Å². The first-order chi connectivity index (χ1) is 17.3. The molecule has 0 radical (unpaired) electrons. The number of thioether (sulfide) groups is 1. The van der Waals surface area contributed by atoms with Crippen molar-refractivity contribution in [2.24, 2.45) is 0 Å². The molecule has 4 unspecified atom stereocenters. The number of carbonyl (C=O) groups is 3. The van der Waals surface area contributed by atoms with E-state index in [0.717, 1.165) is 23.5 Å².